The fourth-order valence-corrected chi connectivity index (χ4v) is 2.90. The summed E-state index contributed by atoms with van der Waals surface area (Å²) in [5, 5.41) is 7.46. The van der Waals surface area contributed by atoms with Gasteiger partial charge in [-0.3, -0.25) is 4.79 Å². The van der Waals surface area contributed by atoms with E-state index in [1.807, 2.05) is 6.07 Å². The third kappa shape index (κ3) is 3.10. The number of carbonyl (C=O) groups is 1. The predicted molar refractivity (Wildman–Crippen MR) is 83.4 cm³/mol. The van der Waals surface area contributed by atoms with Crippen molar-refractivity contribution in [2.45, 2.75) is 39.2 Å². The molecule has 0 spiro atoms. The summed E-state index contributed by atoms with van der Waals surface area (Å²) in [6.07, 6.45) is 4.27. The maximum absolute atomic E-state index is 12.2. The number of amides is 1. The molecule has 1 unspecified atom stereocenters. The van der Waals surface area contributed by atoms with Gasteiger partial charge < -0.3 is 15.1 Å². The molecule has 3 rings (SSSR count). The Bertz CT molecular complexity index is 654. The first-order valence-electron chi connectivity index (χ1n) is 7.61. The van der Waals surface area contributed by atoms with Crippen LogP contribution in [0.1, 0.15) is 29.5 Å². The van der Waals surface area contributed by atoms with Gasteiger partial charge in [0.15, 0.2) is 0 Å². The smallest absolute Gasteiger partial charge is 0.224 e. The number of rotatable bonds is 3. The SMILES string of the molecule is Cc1cc2occ(CC(=O)NC3CCCNC3)c2cc1C. The highest BCUT2D eigenvalue weighted by Gasteiger charge is 2.17. The average Bonchev–Trinajstić information content (AvgIpc) is 2.83. The van der Waals surface area contributed by atoms with E-state index in [9.17, 15) is 4.79 Å². The molecule has 0 bridgehead atoms. The molecule has 112 valence electrons. The summed E-state index contributed by atoms with van der Waals surface area (Å²) in [6.45, 7) is 6.08. The van der Waals surface area contributed by atoms with E-state index >= 15 is 0 Å². The van der Waals surface area contributed by atoms with Crippen molar-refractivity contribution >= 4 is 16.9 Å². The molecule has 1 aliphatic heterocycles. The Kier molecular flexibility index (Phi) is 3.97. The van der Waals surface area contributed by atoms with Crippen LogP contribution in [0.4, 0.5) is 0 Å². The van der Waals surface area contributed by atoms with E-state index in [4.69, 9.17) is 4.42 Å². The number of hydrogen-bond acceptors (Lipinski definition) is 3. The van der Waals surface area contributed by atoms with Crippen LogP contribution in [0.3, 0.4) is 0 Å². The largest absolute Gasteiger partial charge is 0.464 e. The molecule has 1 saturated heterocycles. The average molecular weight is 286 g/mol. The number of piperidine rings is 1. The molecule has 4 nitrogen and oxygen atoms in total. The van der Waals surface area contributed by atoms with Crippen molar-refractivity contribution in [1.29, 1.82) is 0 Å². The van der Waals surface area contributed by atoms with E-state index in [0.29, 0.717) is 6.42 Å². The molecule has 0 aliphatic carbocycles. The van der Waals surface area contributed by atoms with Crippen molar-refractivity contribution < 1.29 is 9.21 Å². The van der Waals surface area contributed by atoms with Crippen LogP contribution >= 0.6 is 0 Å². The van der Waals surface area contributed by atoms with Crippen molar-refractivity contribution in [3.8, 4) is 0 Å². The van der Waals surface area contributed by atoms with Crippen LogP contribution in [0.25, 0.3) is 11.0 Å². The molecule has 2 N–H and O–H groups in total. The Balaban J connectivity index is 1.72. The molecular formula is C17H22N2O2. The van der Waals surface area contributed by atoms with E-state index < -0.39 is 0 Å². The molecule has 21 heavy (non-hydrogen) atoms. The standard InChI is InChI=1S/C17H22N2O2/c1-11-6-15-13(10-21-16(15)7-12(11)2)8-17(20)19-14-4-3-5-18-9-14/h6-7,10,14,18H,3-5,8-9H2,1-2H3,(H,19,20). The van der Waals surface area contributed by atoms with Crippen molar-refractivity contribution in [3.05, 3.63) is 35.1 Å². The van der Waals surface area contributed by atoms with Crippen molar-refractivity contribution in [2.24, 2.45) is 0 Å². The Morgan fingerprint density at radius 2 is 2.19 bits per heavy atom. The second-order valence-electron chi connectivity index (χ2n) is 5.98. The second kappa shape index (κ2) is 5.90. The zero-order chi connectivity index (χ0) is 14.8. The predicted octanol–water partition coefficient (Wildman–Crippen LogP) is 2.46. The zero-order valence-corrected chi connectivity index (χ0v) is 12.7. The van der Waals surface area contributed by atoms with Gasteiger partial charge in [0.2, 0.25) is 5.91 Å². The van der Waals surface area contributed by atoms with Crippen LogP contribution in [0.5, 0.6) is 0 Å². The van der Waals surface area contributed by atoms with Crippen LogP contribution in [0.2, 0.25) is 0 Å². The Labute approximate surface area is 124 Å². The number of furan rings is 1. The van der Waals surface area contributed by atoms with Gasteiger partial charge in [-0.1, -0.05) is 0 Å². The van der Waals surface area contributed by atoms with E-state index in [-0.39, 0.29) is 11.9 Å². The van der Waals surface area contributed by atoms with Crippen molar-refractivity contribution in [1.82, 2.24) is 10.6 Å². The fraction of sp³-hybridized carbons (Fsp3) is 0.471. The number of benzene rings is 1. The monoisotopic (exact) mass is 286 g/mol. The van der Waals surface area contributed by atoms with Crippen LogP contribution in [0.15, 0.2) is 22.8 Å². The lowest BCUT2D eigenvalue weighted by Gasteiger charge is -2.23. The highest BCUT2D eigenvalue weighted by molar-refractivity contribution is 5.88. The first-order chi connectivity index (χ1) is 10.1. The summed E-state index contributed by atoms with van der Waals surface area (Å²) in [5.41, 5.74) is 4.26. The molecule has 2 aromatic rings. The van der Waals surface area contributed by atoms with Gasteiger partial charge in [0.25, 0.3) is 0 Å². The minimum absolute atomic E-state index is 0.0737. The molecular weight excluding hydrogens is 264 g/mol. The lowest BCUT2D eigenvalue weighted by atomic mass is 10.0. The highest BCUT2D eigenvalue weighted by Crippen LogP contribution is 2.25. The molecule has 1 aromatic carbocycles. The summed E-state index contributed by atoms with van der Waals surface area (Å²) in [4.78, 5) is 12.2. The Morgan fingerprint density at radius 3 is 2.95 bits per heavy atom. The lowest BCUT2D eigenvalue weighted by molar-refractivity contribution is -0.121. The maximum Gasteiger partial charge on any atom is 0.224 e. The molecule has 1 aromatic heterocycles. The summed E-state index contributed by atoms with van der Waals surface area (Å²) in [6, 6.07) is 4.41. The van der Waals surface area contributed by atoms with E-state index in [1.165, 1.54) is 11.1 Å². The van der Waals surface area contributed by atoms with Gasteiger partial charge in [0.05, 0.1) is 12.7 Å². The van der Waals surface area contributed by atoms with Crippen LogP contribution < -0.4 is 10.6 Å². The molecule has 0 saturated carbocycles. The van der Waals surface area contributed by atoms with Crippen LogP contribution in [0, 0.1) is 13.8 Å². The Morgan fingerprint density at radius 1 is 1.38 bits per heavy atom. The van der Waals surface area contributed by atoms with Crippen LogP contribution in [-0.4, -0.2) is 25.0 Å². The number of hydrogen-bond donors (Lipinski definition) is 2. The van der Waals surface area contributed by atoms with Gasteiger partial charge in [0, 0.05) is 23.5 Å². The van der Waals surface area contributed by atoms with Crippen molar-refractivity contribution in [2.75, 3.05) is 13.1 Å². The summed E-state index contributed by atoms with van der Waals surface area (Å²) in [5.74, 6) is 0.0737. The summed E-state index contributed by atoms with van der Waals surface area (Å²) in [7, 11) is 0. The number of aryl methyl sites for hydroxylation is 2. The zero-order valence-electron chi connectivity index (χ0n) is 12.7. The normalized spacial score (nSPS) is 18.9. The minimum Gasteiger partial charge on any atom is -0.464 e. The van der Waals surface area contributed by atoms with Gasteiger partial charge in [0.1, 0.15) is 5.58 Å². The molecule has 0 radical (unpaired) electrons. The molecule has 1 atom stereocenters. The molecule has 1 fully saturated rings. The summed E-state index contributed by atoms with van der Waals surface area (Å²) >= 11 is 0. The first-order valence-corrected chi connectivity index (χ1v) is 7.61. The molecule has 2 heterocycles. The Hall–Kier alpha value is -1.81. The summed E-state index contributed by atoms with van der Waals surface area (Å²) < 4.78 is 5.58. The third-order valence-corrected chi connectivity index (χ3v) is 4.28. The first kappa shape index (κ1) is 14.1. The van der Waals surface area contributed by atoms with Crippen LogP contribution in [-0.2, 0) is 11.2 Å². The molecule has 1 aliphatic rings. The fourth-order valence-electron chi connectivity index (χ4n) is 2.90. The van der Waals surface area contributed by atoms with Crippen molar-refractivity contribution in [3.63, 3.8) is 0 Å². The molecule has 4 heteroatoms. The second-order valence-corrected chi connectivity index (χ2v) is 5.98. The number of carbonyl (C=O) groups excluding carboxylic acids is 1. The maximum atomic E-state index is 12.2. The van der Waals surface area contributed by atoms with Gasteiger partial charge in [-0.15, -0.1) is 0 Å². The molecule has 1 amide bonds. The quantitative estimate of drug-likeness (QED) is 0.911. The van der Waals surface area contributed by atoms with Gasteiger partial charge >= 0.3 is 0 Å². The lowest BCUT2D eigenvalue weighted by Crippen LogP contribution is -2.46. The minimum atomic E-state index is 0.0737. The van der Waals surface area contributed by atoms with E-state index in [0.717, 1.165) is 42.5 Å². The highest BCUT2D eigenvalue weighted by atomic mass is 16.3. The number of nitrogens with one attached hydrogen (secondary N) is 2. The number of fused-ring (bicyclic) bond motifs is 1. The van der Waals surface area contributed by atoms with Gasteiger partial charge in [-0.05, 0) is 56.5 Å². The topological polar surface area (TPSA) is 54.3 Å². The van der Waals surface area contributed by atoms with Gasteiger partial charge in [-0.2, -0.15) is 0 Å². The third-order valence-electron chi connectivity index (χ3n) is 4.28. The van der Waals surface area contributed by atoms with Gasteiger partial charge in [-0.25, -0.2) is 0 Å². The van der Waals surface area contributed by atoms with E-state index in [2.05, 4.69) is 30.5 Å². The van der Waals surface area contributed by atoms with E-state index in [1.54, 1.807) is 6.26 Å².